The van der Waals surface area contributed by atoms with E-state index in [-0.39, 0.29) is 12.5 Å². The molecular weight excluding hydrogens is 220 g/mol. The van der Waals surface area contributed by atoms with Gasteiger partial charge in [0.1, 0.15) is 11.5 Å². The molecular formula is C12H16N2O3. The quantitative estimate of drug-likeness (QED) is 0.784. The van der Waals surface area contributed by atoms with Crippen LogP contribution in [-0.4, -0.2) is 32.7 Å². The van der Waals surface area contributed by atoms with E-state index in [1.54, 1.807) is 11.9 Å². The number of amides is 1. The van der Waals surface area contributed by atoms with Gasteiger partial charge in [-0.1, -0.05) is 0 Å². The Hall–Kier alpha value is -1.75. The van der Waals surface area contributed by atoms with Gasteiger partial charge in [-0.3, -0.25) is 4.79 Å². The van der Waals surface area contributed by atoms with Crippen molar-refractivity contribution in [2.24, 2.45) is 5.73 Å². The normalized spacial score (nSPS) is 14.2. The molecule has 2 rings (SSSR count). The topological polar surface area (TPSA) is 64.8 Å². The third-order valence-corrected chi connectivity index (χ3v) is 2.63. The highest BCUT2D eigenvalue weighted by Gasteiger charge is 2.22. The third kappa shape index (κ3) is 2.50. The number of carbonyl (C=O) groups excluding carboxylic acids is 1. The van der Waals surface area contributed by atoms with E-state index in [9.17, 15) is 4.79 Å². The summed E-state index contributed by atoms with van der Waals surface area (Å²) in [7, 11) is 1.73. The zero-order valence-electron chi connectivity index (χ0n) is 9.81. The predicted molar refractivity (Wildman–Crippen MR) is 64.5 cm³/mol. The summed E-state index contributed by atoms with van der Waals surface area (Å²) in [5, 5.41) is 0. The number of anilines is 1. The Balaban J connectivity index is 2.14. The lowest BCUT2D eigenvalue weighted by Crippen LogP contribution is -2.35. The number of carbonyl (C=O) groups is 1. The Labute approximate surface area is 100 Å². The first-order chi connectivity index (χ1) is 8.22. The van der Waals surface area contributed by atoms with Gasteiger partial charge in [-0.15, -0.1) is 0 Å². The molecule has 0 unspecified atom stereocenters. The third-order valence-electron chi connectivity index (χ3n) is 2.63. The molecule has 0 aromatic heterocycles. The maximum Gasteiger partial charge on any atom is 0.264 e. The molecule has 92 valence electrons. The van der Waals surface area contributed by atoms with E-state index in [2.05, 4.69) is 0 Å². The fourth-order valence-corrected chi connectivity index (χ4v) is 1.62. The van der Waals surface area contributed by atoms with E-state index in [0.29, 0.717) is 18.9 Å². The fraction of sp³-hybridized carbons (Fsp3) is 0.417. The molecule has 5 heteroatoms. The van der Waals surface area contributed by atoms with Crippen molar-refractivity contribution in [2.75, 3.05) is 31.7 Å². The van der Waals surface area contributed by atoms with Crippen molar-refractivity contribution < 1.29 is 14.3 Å². The lowest BCUT2D eigenvalue weighted by Gasteiger charge is -2.26. The van der Waals surface area contributed by atoms with Crippen LogP contribution in [0.5, 0.6) is 11.5 Å². The minimum atomic E-state index is -0.0587. The Morgan fingerprint density at radius 2 is 2.35 bits per heavy atom. The number of nitrogens with two attached hydrogens (primary N) is 1. The summed E-state index contributed by atoms with van der Waals surface area (Å²) < 4.78 is 10.8. The van der Waals surface area contributed by atoms with Crippen LogP contribution in [0, 0.1) is 0 Å². The molecule has 2 N–H and O–H groups in total. The summed E-state index contributed by atoms with van der Waals surface area (Å²) in [5.41, 5.74) is 6.13. The van der Waals surface area contributed by atoms with Crippen LogP contribution in [0.3, 0.4) is 0 Å². The number of hydrogen-bond acceptors (Lipinski definition) is 4. The van der Waals surface area contributed by atoms with Crippen molar-refractivity contribution in [3.63, 3.8) is 0 Å². The first-order valence-corrected chi connectivity index (χ1v) is 5.58. The number of nitrogens with zero attached hydrogens (tertiary/aromatic N) is 1. The van der Waals surface area contributed by atoms with Crippen molar-refractivity contribution in [1.29, 1.82) is 0 Å². The van der Waals surface area contributed by atoms with Crippen LogP contribution in [0.1, 0.15) is 6.42 Å². The van der Waals surface area contributed by atoms with Gasteiger partial charge in [-0.25, -0.2) is 0 Å². The van der Waals surface area contributed by atoms with Gasteiger partial charge >= 0.3 is 0 Å². The van der Waals surface area contributed by atoms with Gasteiger partial charge in [0.15, 0.2) is 6.61 Å². The highest BCUT2D eigenvalue weighted by molar-refractivity contribution is 5.97. The number of rotatable bonds is 4. The van der Waals surface area contributed by atoms with Gasteiger partial charge in [-0.05, 0) is 25.1 Å². The molecule has 0 bridgehead atoms. The first-order valence-electron chi connectivity index (χ1n) is 5.58. The van der Waals surface area contributed by atoms with E-state index in [1.165, 1.54) is 0 Å². The zero-order valence-corrected chi connectivity index (χ0v) is 9.81. The van der Waals surface area contributed by atoms with Gasteiger partial charge in [-0.2, -0.15) is 0 Å². The molecule has 0 radical (unpaired) electrons. The number of fused-ring (bicyclic) bond motifs is 1. The minimum Gasteiger partial charge on any atom is -0.493 e. The fourth-order valence-electron chi connectivity index (χ4n) is 1.62. The molecule has 0 aliphatic carbocycles. The van der Waals surface area contributed by atoms with Crippen molar-refractivity contribution in [3.05, 3.63) is 18.2 Å². The van der Waals surface area contributed by atoms with Gasteiger partial charge in [0.25, 0.3) is 5.91 Å². The number of hydrogen-bond donors (Lipinski definition) is 1. The molecule has 1 aliphatic heterocycles. The number of benzene rings is 1. The maximum atomic E-state index is 11.5. The predicted octanol–water partition coefficient (Wildman–Crippen LogP) is 0.769. The van der Waals surface area contributed by atoms with Crippen LogP contribution in [0.25, 0.3) is 0 Å². The van der Waals surface area contributed by atoms with Gasteiger partial charge < -0.3 is 20.1 Å². The van der Waals surface area contributed by atoms with Gasteiger partial charge in [0, 0.05) is 13.1 Å². The zero-order chi connectivity index (χ0) is 12.3. The number of likely N-dealkylation sites (N-methyl/N-ethyl adjacent to an activating group) is 1. The smallest absolute Gasteiger partial charge is 0.264 e. The summed E-state index contributed by atoms with van der Waals surface area (Å²) >= 11 is 0. The largest absolute Gasteiger partial charge is 0.493 e. The molecule has 0 saturated heterocycles. The van der Waals surface area contributed by atoms with E-state index in [4.69, 9.17) is 15.2 Å². The highest BCUT2D eigenvalue weighted by atomic mass is 16.5. The molecule has 1 aliphatic rings. The minimum absolute atomic E-state index is 0.0587. The standard InChI is InChI=1S/C12H16N2O3/c1-14-10-7-9(16-6-2-5-13)3-4-11(10)17-8-12(14)15/h3-4,7H,2,5-6,8,13H2,1H3. The molecule has 0 atom stereocenters. The Kier molecular flexibility index (Phi) is 3.49. The first kappa shape index (κ1) is 11.7. The summed E-state index contributed by atoms with van der Waals surface area (Å²) in [5.74, 6) is 1.37. The molecule has 0 saturated carbocycles. The molecule has 0 spiro atoms. The van der Waals surface area contributed by atoms with E-state index >= 15 is 0 Å². The van der Waals surface area contributed by atoms with E-state index < -0.39 is 0 Å². The summed E-state index contributed by atoms with van der Waals surface area (Å²) in [6.45, 7) is 1.27. The maximum absolute atomic E-state index is 11.5. The second-order valence-electron chi connectivity index (χ2n) is 3.86. The Bertz CT molecular complexity index is 420. The lowest BCUT2D eigenvalue weighted by atomic mass is 10.2. The van der Waals surface area contributed by atoms with E-state index in [0.717, 1.165) is 17.9 Å². The molecule has 1 heterocycles. The number of ether oxygens (including phenoxy) is 2. The van der Waals surface area contributed by atoms with E-state index in [1.807, 2.05) is 18.2 Å². The van der Waals surface area contributed by atoms with Crippen LogP contribution in [0.4, 0.5) is 5.69 Å². The van der Waals surface area contributed by atoms with Crippen LogP contribution in [-0.2, 0) is 4.79 Å². The van der Waals surface area contributed by atoms with Crippen LogP contribution in [0.2, 0.25) is 0 Å². The summed E-state index contributed by atoms with van der Waals surface area (Å²) in [6.07, 6.45) is 0.808. The summed E-state index contributed by atoms with van der Waals surface area (Å²) in [6, 6.07) is 5.46. The van der Waals surface area contributed by atoms with Crippen LogP contribution in [0.15, 0.2) is 18.2 Å². The molecule has 5 nitrogen and oxygen atoms in total. The lowest BCUT2D eigenvalue weighted by molar-refractivity contribution is -0.120. The van der Waals surface area contributed by atoms with Crippen LogP contribution < -0.4 is 20.1 Å². The molecule has 1 aromatic rings. The monoisotopic (exact) mass is 236 g/mol. The Morgan fingerprint density at radius 1 is 1.53 bits per heavy atom. The SMILES string of the molecule is CN1C(=O)COc2ccc(OCCCN)cc21. The van der Waals surface area contributed by atoms with Gasteiger partial charge in [0.2, 0.25) is 0 Å². The average Bonchev–Trinajstić information content (AvgIpc) is 2.35. The molecule has 1 aromatic carbocycles. The van der Waals surface area contributed by atoms with Crippen molar-refractivity contribution in [2.45, 2.75) is 6.42 Å². The second-order valence-corrected chi connectivity index (χ2v) is 3.86. The second kappa shape index (κ2) is 5.05. The average molecular weight is 236 g/mol. The molecule has 1 amide bonds. The molecule has 17 heavy (non-hydrogen) atoms. The highest BCUT2D eigenvalue weighted by Crippen LogP contribution is 2.34. The molecule has 0 fully saturated rings. The summed E-state index contributed by atoms with van der Waals surface area (Å²) in [4.78, 5) is 13.1. The van der Waals surface area contributed by atoms with Crippen molar-refractivity contribution >= 4 is 11.6 Å². The Morgan fingerprint density at radius 3 is 3.12 bits per heavy atom. The van der Waals surface area contributed by atoms with Crippen LogP contribution >= 0.6 is 0 Å². The van der Waals surface area contributed by atoms with Crippen molar-refractivity contribution in [1.82, 2.24) is 0 Å². The van der Waals surface area contributed by atoms with Gasteiger partial charge in [0.05, 0.1) is 12.3 Å². The van der Waals surface area contributed by atoms with Crippen molar-refractivity contribution in [3.8, 4) is 11.5 Å².